The number of ether oxygens (including phenoxy) is 2. The molecule has 0 radical (unpaired) electrons. The molecule has 0 aliphatic carbocycles. The molecule has 0 amide bonds. The molecular formula is C16H17F3O4. The molecule has 1 unspecified atom stereocenters. The van der Waals surface area contributed by atoms with E-state index in [-0.39, 0.29) is 17.9 Å². The highest BCUT2D eigenvalue weighted by molar-refractivity contribution is 5.95. The fourth-order valence-corrected chi connectivity index (χ4v) is 2.32. The van der Waals surface area contributed by atoms with Gasteiger partial charge in [-0.3, -0.25) is 0 Å². The lowest BCUT2D eigenvalue weighted by atomic mass is 9.97. The highest BCUT2D eigenvalue weighted by atomic mass is 19.4. The van der Waals surface area contributed by atoms with E-state index in [1.165, 1.54) is 18.2 Å². The first kappa shape index (κ1) is 17.3. The summed E-state index contributed by atoms with van der Waals surface area (Å²) in [6.07, 6.45) is -2.22. The third-order valence-corrected chi connectivity index (χ3v) is 3.48. The van der Waals surface area contributed by atoms with Crippen LogP contribution < -0.4 is 4.74 Å². The molecule has 0 saturated carbocycles. The van der Waals surface area contributed by atoms with E-state index in [1.807, 2.05) is 6.92 Å². The molecule has 4 nitrogen and oxygen atoms in total. The van der Waals surface area contributed by atoms with E-state index in [2.05, 4.69) is 0 Å². The van der Waals surface area contributed by atoms with Crippen molar-refractivity contribution in [1.29, 1.82) is 0 Å². The summed E-state index contributed by atoms with van der Waals surface area (Å²) >= 11 is 0. The van der Waals surface area contributed by atoms with Gasteiger partial charge in [-0.1, -0.05) is 38.0 Å². The first-order valence-electron chi connectivity index (χ1n) is 7.26. The van der Waals surface area contributed by atoms with Crippen LogP contribution in [0.25, 0.3) is 6.08 Å². The van der Waals surface area contributed by atoms with E-state index in [4.69, 9.17) is 9.47 Å². The summed E-state index contributed by atoms with van der Waals surface area (Å²) in [4.78, 5) is 11.4. The van der Waals surface area contributed by atoms with E-state index in [9.17, 15) is 23.1 Å². The monoisotopic (exact) mass is 330 g/mol. The summed E-state index contributed by atoms with van der Waals surface area (Å²) in [5.74, 6) is -5.08. The van der Waals surface area contributed by atoms with Gasteiger partial charge in [-0.05, 0) is 18.6 Å². The highest BCUT2D eigenvalue weighted by Gasteiger charge is 2.65. The molecule has 1 aliphatic heterocycles. The topological polar surface area (TPSA) is 55.8 Å². The van der Waals surface area contributed by atoms with Gasteiger partial charge in [0.15, 0.2) is 0 Å². The van der Waals surface area contributed by atoms with Gasteiger partial charge in [-0.15, -0.1) is 0 Å². The smallest absolute Gasteiger partial charge is 0.460 e. The van der Waals surface area contributed by atoms with E-state index >= 15 is 0 Å². The van der Waals surface area contributed by atoms with Crippen LogP contribution in [0.5, 0.6) is 5.75 Å². The second kappa shape index (κ2) is 6.62. The molecule has 7 heteroatoms. The van der Waals surface area contributed by atoms with Gasteiger partial charge in [0, 0.05) is 5.56 Å². The number of carboxylic acid groups (broad SMARTS) is 1. The third-order valence-electron chi connectivity index (χ3n) is 3.48. The van der Waals surface area contributed by atoms with Crippen molar-refractivity contribution in [1.82, 2.24) is 0 Å². The fraction of sp³-hybridized carbons (Fsp3) is 0.438. The number of hydrogen-bond acceptors (Lipinski definition) is 3. The Balaban J connectivity index is 2.45. The van der Waals surface area contributed by atoms with E-state index in [0.717, 1.165) is 12.5 Å². The van der Waals surface area contributed by atoms with Crippen LogP contribution in [0.15, 0.2) is 29.8 Å². The van der Waals surface area contributed by atoms with Crippen molar-refractivity contribution in [2.24, 2.45) is 0 Å². The first-order chi connectivity index (χ1) is 10.8. The maximum atomic E-state index is 13.7. The van der Waals surface area contributed by atoms with Gasteiger partial charge in [-0.25, -0.2) is 4.79 Å². The molecule has 126 valence electrons. The van der Waals surface area contributed by atoms with Crippen molar-refractivity contribution >= 4 is 12.0 Å². The largest absolute Gasteiger partial charge is 0.478 e. The van der Waals surface area contributed by atoms with Crippen molar-refractivity contribution in [2.45, 2.75) is 38.1 Å². The molecule has 0 aromatic heterocycles. The van der Waals surface area contributed by atoms with Crippen LogP contribution in [0.2, 0.25) is 0 Å². The maximum absolute atomic E-state index is 13.7. The Morgan fingerprint density at radius 3 is 2.61 bits per heavy atom. The molecular weight excluding hydrogens is 313 g/mol. The normalized spacial score (nSPS) is 20.4. The maximum Gasteiger partial charge on any atom is 0.460 e. The molecule has 1 aromatic carbocycles. The quantitative estimate of drug-likeness (QED) is 0.801. The number of hydrogen-bond donors (Lipinski definition) is 1. The molecule has 1 aromatic rings. The summed E-state index contributed by atoms with van der Waals surface area (Å²) in [5, 5.41) is 9.24. The number of carboxylic acids is 1. The van der Waals surface area contributed by atoms with Crippen molar-refractivity contribution in [3.8, 4) is 5.75 Å². The van der Waals surface area contributed by atoms with Crippen LogP contribution in [-0.2, 0) is 9.53 Å². The molecule has 2 rings (SSSR count). The molecule has 23 heavy (non-hydrogen) atoms. The van der Waals surface area contributed by atoms with Gasteiger partial charge in [0.05, 0.1) is 6.61 Å². The fourth-order valence-electron chi connectivity index (χ4n) is 2.32. The lowest BCUT2D eigenvalue weighted by Gasteiger charge is -2.38. The van der Waals surface area contributed by atoms with Crippen LogP contribution in [0.1, 0.15) is 31.7 Å². The van der Waals surface area contributed by atoms with Gasteiger partial charge in [0.2, 0.25) is 0 Å². The number of benzene rings is 1. The minimum absolute atomic E-state index is 0.0645. The van der Waals surface area contributed by atoms with Gasteiger partial charge < -0.3 is 14.6 Å². The Bertz CT molecular complexity index is 610. The van der Waals surface area contributed by atoms with Crippen LogP contribution in [0, 0.1) is 0 Å². The predicted octanol–water partition coefficient (Wildman–Crippen LogP) is 4.01. The van der Waals surface area contributed by atoms with Crippen molar-refractivity contribution in [3.63, 3.8) is 0 Å². The van der Waals surface area contributed by atoms with Gasteiger partial charge in [0.25, 0.3) is 0 Å². The Morgan fingerprint density at radius 1 is 1.30 bits per heavy atom. The van der Waals surface area contributed by atoms with Crippen LogP contribution in [-0.4, -0.2) is 29.6 Å². The van der Waals surface area contributed by atoms with Gasteiger partial charge in [0.1, 0.15) is 11.3 Å². The Labute approximate surface area is 131 Å². The zero-order chi connectivity index (χ0) is 17.1. The third kappa shape index (κ3) is 3.34. The number of rotatable bonds is 6. The summed E-state index contributed by atoms with van der Waals surface area (Å²) in [7, 11) is 0. The van der Waals surface area contributed by atoms with Crippen molar-refractivity contribution in [2.75, 3.05) is 6.61 Å². The van der Waals surface area contributed by atoms with Gasteiger partial charge >= 0.3 is 17.9 Å². The highest BCUT2D eigenvalue weighted by Crippen LogP contribution is 2.46. The SMILES string of the molecule is CCCCCOC1(C(F)(F)F)Oc2ccccc2C=C1C(=O)O. The predicted molar refractivity (Wildman–Crippen MR) is 76.9 cm³/mol. The molecule has 0 bridgehead atoms. The number of aliphatic carboxylic acids is 1. The second-order valence-corrected chi connectivity index (χ2v) is 5.17. The number of para-hydroxylation sites is 1. The lowest BCUT2D eigenvalue weighted by Crippen LogP contribution is -2.57. The summed E-state index contributed by atoms with van der Waals surface area (Å²) in [5.41, 5.74) is -0.706. The standard InChI is InChI=1S/C16H17F3O4/c1-2-3-6-9-22-15(16(17,18)19)12(14(20)21)10-11-7-4-5-8-13(11)23-15/h4-5,7-8,10H,2-3,6,9H2,1H3,(H,20,21). The number of carbonyl (C=O) groups is 1. The van der Waals surface area contributed by atoms with Crippen LogP contribution in [0.3, 0.4) is 0 Å². The van der Waals surface area contributed by atoms with Crippen molar-refractivity contribution in [3.05, 3.63) is 35.4 Å². The minimum atomic E-state index is -5.03. The summed E-state index contributed by atoms with van der Waals surface area (Å²) < 4.78 is 51.0. The average molecular weight is 330 g/mol. The molecule has 0 saturated heterocycles. The molecule has 1 aliphatic rings. The van der Waals surface area contributed by atoms with Crippen molar-refractivity contribution < 1.29 is 32.5 Å². The minimum Gasteiger partial charge on any atom is -0.478 e. The zero-order valence-corrected chi connectivity index (χ0v) is 12.5. The van der Waals surface area contributed by atoms with E-state index < -0.39 is 23.5 Å². The van der Waals surface area contributed by atoms with Gasteiger partial charge in [-0.2, -0.15) is 13.2 Å². The average Bonchev–Trinajstić information content (AvgIpc) is 2.49. The Hall–Kier alpha value is -2.02. The van der Waals surface area contributed by atoms with E-state index in [0.29, 0.717) is 12.8 Å². The molecule has 1 N–H and O–H groups in total. The molecule has 1 atom stereocenters. The van der Waals surface area contributed by atoms with E-state index in [1.54, 1.807) is 6.07 Å². The number of unbranched alkanes of at least 4 members (excludes halogenated alkanes) is 2. The van der Waals surface area contributed by atoms with Crippen LogP contribution in [0.4, 0.5) is 13.2 Å². The molecule has 1 heterocycles. The Morgan fingerprint density at radius 2 is 2.00 bits per heavy atom. The Kier molecular flexibility index (Phi) is 4.99. The second-order valence-electron chi connectivity index (χ2n) is 5.17. The molecule has 0 fully saturated rings. The number of fused-ring (bicyclic) bond motifs is 1. The summed E-state index contributed by atoms with van der Waals surface area (Å²) in [6, 6.07) is 5.92. The summed E-state index contributed by atoms with van der Waals surface area (Å²) in [6.45, 7) is 1.65. The number of alkyl halides is 3. The number of halogens is 3. The zero-order valence-electron chi connectivity index (χ0n) is 12.5. The van der Waals surface area contributed by atoms with Crippen LogP contribution >= 0.6 is 0 Å². The lowest BCUT2D eigenvalue weighted by molar-refractivity contribution is -0.334. The first-order valence-corrected chi connectivity index (χ1v) is 7.26. The molecule has 0 spiro atoms.